The van der Waals surface area contributed by atoms with Gasteiger partial charge in [0.15, 0.2) is 0 Å². The number of piperidine rings is 1. The molecule has 0 atom stereocenters. The number of carbonyl (C=O) groups excluding carboxylic acids is 1. The predicted octanol–water partition coefficient (Wildman–Crippen LogP) is 4.60. The SMILES string of the molecule is C#CCNC(=O)c1ccc(S(=O)(=O)N/N=C(\C=N)CCN2CCC(=C(c3ccc(F)cc3)c3ccc(F)cc3)CC2)cc1. The zero-order chi connectivity index (χ0) is 30.8. The first-order chi connectivity index (χ1) is 20.7. The quantitative estimate of drug-likeness (QED) is 0.169. The number of nitrogens with one attached hydrogen (secondary N) is 3. The van der Waals surface area contributed by atoms with Crippen LogP contribution in [0.1, 0.15) is 40.7 Å². The maximum Gasteiger partial charge on any atom is 0.276 e. The van der Waals surface area contributed by atoms with Gasteiger partial charge in [0.25, 0.3) is 15.9 Å². The Bertz CT molecular complexity index is 1600. The van der Waals surface area contributed by atoms with E-state index in [2.05, 4.69) is 26.1 Å². The number of benzene rings is 3. The number of rotatable bonds is 11. The fourth-order valence-corrected chi connectivity index (χ4v) is 5.57. The molecule has 3 N–H and O–H groups in total. The number of hydrogen-bond acceptors (Lipinski definition) is 6. The summed E-state index contributed by atoms with van der Waals surface area (Å²) in [6.07, 6.45) is 7.97. The smallest absolute Gasteiger partial charge is 0.276 e. The summed E-state index contributed by atoms with van der Waals surface area (Å²) in [7, 11) is -4.01. The molecule has 0 unspecified atom stereocenters. The third kappa shape index (κ3) is 8.44. The standard InChI is InChI=1S/C32H31F2N5O3S/c1-2-18-36-32(40)26-7-13-30(14-8-26)43(41,42)38-37-29(22-35)17-21-39-19-15-25(16-20-39)31(23-3-9-27(33)10-4-23)24-5-11-28(34)12-6-24/h1,3-14,22,35,38H,15-21H2,(H,36,40)/b35-22?,37-29-. The molecule has 3 aromatic carbocycles. The van der Waals surface area contributed by atoms with Gasteiger partial charge in [-0.1, -0.05) is 35.8 Å². The number of likely N-dealkylation sites (tertiary alicyclic amines) is 1. The molecule has 3 aromatic rings. The number of terminal acetylenes is 1. The van der Waals surface area contributed by atoms with E-state index < -0.39 is 15.9 Å². The van der Waals surface area contributed by atoms with Crippen LogP contribution in [-0.4, -0.2) is 57.3 Å². The molecule has 0 spiro atoms. The van der Waals surface area contributed by atoms with Crippen molar-refractivity contribution in [3.05, 3.63) is 107 Å². The van der Waals surface area contributed by atoms with E-state index in [4.69, 9.17) is 11.8 Å². The molecule has 0 aromatic heterocycles. The lowest BCUT2D eigenvalue weighted by Gasteiger charge is -2.30. The van der Waals surface area contributed by atoms with Gasteiger partial charge in [0.2, 0.25) is 0 Å². The molecule has 0 aliphatic carbocycles. The Morgan fingerprint density at radius 3 is 1.98 bits per heavy atom. The van der Waals surface area contributed by atoms with Crippen LogP contribution in [0.25, 0.3) is 5.57 Å². The Morgan fingerprint density at radius 2 is 1.47 bits per heavy atom. The fraction of sp³-hybridized carbons (Fsp3) is 0.219. The van der Waals surface area contributed by atoms with Crippen molar-refractivity contribution in [2.24, 2.45) is 5.10 Å². The molecule has 222 valence electrons. The Labute approximate surface area is 250 Å². The van der Waals surface area contributed by atoms with E-state index in [9.17, 15) is 22.0 Å². The topological polar surface area (TPSA) is 115 Å². The summed E-state index contributed by atoms with van der Waals surface area (Å²) in [6, 6.07) is 17.9. The number of sulfonamides is 1. The van der Waals surface area contributed by atoms with Gasteiger partial charge in [0.05, 0.1) is 17.2 Å². The van der Waals surface area contributed by atoms with Crippen LogP contribution in [0.4, 0.5) is 8.78 Å². The zero-order valence-electron chi connectivity index (χ0n) is 23.3. The predicted molar refractivity (Wildman–Crippen MR) is 163 cm³/mol. The van der Waals surface area contributed by atoms with Gasteiger partial charge in [0.1, 0.15) is 11.6 Å². The maximum absolute atomic E-state index is 13.6. The van der Waals surface area contributed by atoms with Crippen molar-refractivity contribution in [2.45, 2.75) is 24.2 Å². The van der Waals surface area contributed by atoms with Crippen LogP contribution in [0.15, 0.2) is 88.4 Å². The minimum Gasteiger partial charge on any atom is -0.341 e. The van der Waals surface area contributed by atoms with Crippen LogP contribution in [0.3, 0.4) is 0 Å². The first kappa shape index (κ1) is 31.3. The molecule has 1 aliphatic heterocycles. The summed E-state index contributed by atoms with van der Waals surface area (Å²) in [5.41, 5.74) is 4.40. The van der Waals surface area contributed by atoms with E-state index in [1.807, 2.05) is 0 Å². The van der Waals surface area contributed by atoms with E-state index in [1.54, 1.807) is 24.3 Å². The Kier molecular flexibility index (Phi) is 10.5. The number of carbonyl (C=O) groups is 1. The molecule has 0 bridgehead atoms. The van der Waals surface area contributed by atoms with Crippen LogP contribution in [0.2, 0.25) is 0 Å². The number of hydrogen-bond donors (Lipinski definition) is 3. The Hall–Kier alpha value is -4.66. The lowest BCUT2D eigenvalue weighted by Crippen LogP contribution is -2.33. The van der Waals surface area contributed by atoms with Gasteiger partial charge in [0, 0.05) is 37.8 Å². The summed E-state index contributed by atoms with van der Waals surface area (Å²) >= 11 is 0. The Balaban J connectivity index is 1.38. The minimum atomic E-state index is -4.01. The summed E-state index contributed by atoms with van der Waals surface area (Å²) < 4.78 is 52.6. The lowest BCUT2D eigenvalue weighted by molar-refractivity contribution is 0.0958. The maximum atomic E-state index is 13.6. The molecule has 8 nitrogen and oxygen atoms in total. The van der Waals surface area contributed by atoms with Gasteiger partial charge in [-0.3, -0.25) is 4.79 Å². The fourth-order valence-electron chi connectivity index (χ4n) is 4.73. The summed E-state index contributed by atoms with van der Waals surface area (Å²) in [5, 5.41) is 14.2. The normalized spacial score (nSPS) is 14.1. The average molecular weight is 604 g/mol. The third-order valence-electron chi connectivity index (χ3n) is 7.02. The van der Waals surface area contributed by atoms with Gasteiger partial charge < -0.3 is 15.6 Å². The van der Waals surface area contributed by atoms with Gasteiger partial charge in [-0.25, -0.2) is 8.78 Å². The highest BCUT2D eigenvalue weighted by Gasteiger charge is 2.20. The number of halogens is 2. The average Bonchev–Trinajstić information content (AvgIpc) is 3.02. The van der Waals surface area contributed by atoms with Crippen molar-refractivity contribution in [3.63, 3.8) is 0 Å². The summed E-state index contributed by atoms with van der Waals surface area (Å²) in [6.45, 7) is 2.07. The van der Waals surface area contributed by atoms with Crippen LogP contribution in [0, 0.1) is 29.4 Å². The molecule has 1 aliphatic rings. The van der Waals surface area contributed by atoms with E-state index in [0.717, 1.165) is 48.8 Å². The number of amides is 1. The van der Waals surface area contributed by atoms with Crippen molar-refractivity contribution >= 4 is 33.4 Å². The zero-order valence-corrected chi connectivity index (χ0v) is 24.1. The third-order valence-corrected chi connectivity index (χ3v) is 8.24. The van der Waals surface area contributed by atoms with Crippen molar-refractivity contribution in [3.8, 4) is 12.3 Å². The van der Waals surface area contributed by atoms with E-state index in [1.165, 1.54) is 54.1 Å². The van der Waals surface area contributed by atoms with Crippen molar-refractivity contribution in [2.75, 3.05) is 26.2 Å². The molecule has 1 amide bonds. The van der Waals surface area contributed by atoms with Crippen LogP contribution >= 0.6 is 0 Å². The molecule has 1 saturated heterocycles. The van der Waals surface area contributed by atoms with Crippen LogP contribution < -0.4 is 10.1 Å². The summed E-state index contributed by atoms with van der Waals surface area (Å²) in [4.78, 5) is 16.3. The lowest BCUT2D eigenvalue weighted by atomic mass is 9.88. The van der Waals surface area contributed by atoms with Gasteiger partial charge in [-0.05, 0) is 78.1 Å². The Morgan fingerprint density at radius 1 is 0.930 bits per heavy atom. The molecule has 0 saturated carbocycles. The molecule has 43 heavy (non-hydrogen) atoms. The highest BCUT2D eigenvalue weighted by Crippen LogP contribution is 2.32. The van der Waals surface area contributed by atoms with Crippen molar-refractivity contribution in [1.82, 2.24) is 15.0 Å². The second-order valence-corrected chi connectivity index (χ2v) is 11.5. The van der Waals surface area contributed by atoms with E-state index in [-0.39, 0.29) is 34.3 Å². The molecular formula is C32H31F2N5O3S. The molecule has 0 radical (unpaired) electrons. The van der Waals surface area contributed by atoms with Gasteiger partial charge in [-0.15, -0.1) is 6.42 Å². The van der Waals surface area contributed by atoms with Crippen molar-refractivity contribution in [1.29, 1.82) is 5.41 Å². The van der Waals surface area contributed by atoms with Crippen LogP contribution in [-0.2, 0) is 10.0 Å². The first-order valence-corrected chi connectivity index (χ1v) is 15.1. The minimum absolute atomic E-state index is 0.0594. The van der Waals surface area contributed by atoms with E-state index >= 15 is 0 Å². The molecule has 11 heteroatoms. The van der Waals surface area contributed by atoms with Gasteiger partial charge in [-0.2, -0.15) is 18.4 Å². The largest absolute Gasteiger partial charge is 0.341 e. The highest BCUT2D eigenvalue weighted by molar-refractivity contribution is 7.89. The number of nitrogens with zero attached hydrogens (tertiary/aromatic N) is 2. The number of hydrazone groups is 1. The molecule has 4 rings (SSSR count). The second-order valence-electron chi connectivity index (χ2n) is 9.84. The highest BCUT2D eigenvalue weighted by atomic mass is 32.2. The monoisotopic (exact) mass is 603 g/mol. The first-order valence-electron chi connectivity index (χ1n) is 13.6. The molecular weight excluding hydrogens is 572 g/mol. The van der Waals surface area contributed by atoms with E-state index in [0.29, 0.717) is 13.0 Å². The molecule has 1 fully saturated rings. The summed E-state index contributed by atoms with van der Waals surface area (Å²) in [5.74, 6) is 1.22. The van der Waals surface area contributed by atoms with Crippen molar-refractivity contribution < 1.29 is 22.0 Å². The van der Waals surface area contributed by atoms with Gasteiger partial charge >= 0.3 is 0 Å². The molecule has 1 heterocycles. The second kappa shape index (κ2) is 14.5. The van der Waals surface area contributed by atoms with Crippen LogP contribution in [0.5, 0.6) is 0 Å².